The van der Waals surface area contributed by atoms with Crippen molar-refractivity contribution in [3.8, 4) is 0 Å². The lowest BCUT2D eigenvalue weighted by atomic mass is 10.1. The first-order valence-electron chi connectivity index (χ1n) is 9.27. The Labute approximate surface area is 167 Å². The molecule has 156 valence electrons. The van der Waals surface area contributed by atoms with Gasteiger partial charge in [0.2, 0.25) is 10.0 Å². The van der Waals surface area contributed by atoms with Crippen LogP contribution in [0.5, 0.6) is 0 Å². The molecule has 0 unspecified atom stereocenters. The van der Waals surface area contributed by atoms with Crippen molar-refractivity contribution in [2.24, 2.45) is 0 Å². The lowest BCUT2D eigenvalue weighted by Crippen LogP contribution is -2.48. The third kappa shape index (κ3) is 4.45. The number of Topliss-reactive ketones (excluding diaryl/α,β-unsaturated/α-hetero) is 1. The van der Waals surface area contributed by atoms with Gasteiger partial charge in [0.25, 0.3) is 0 Å². The first-order chi connectivity index (χ1) is 13.7. The van der Waals surface area contributed by atoms with Crippen LogP contribution in [0.4, 0.5) is 18.9 Å². The number of hydrogen-bond donors (Lipinski definition) is 0. The average Bonchev–Trinajstić information content (AvgIpc) is 2.70. The summed E-state index contributed by atoms with van der Waals surface area (Å²) in [5.74, 6) is -3.01. The van der Waals surface area contributed by atoms with Gasteiger partial charge in [-0.05, 0) is 42.8 Å². The maximum absolute atomic E-state index is 14.5. The Bertz CT molecular complexity index is 1020. The van der Waals surface area contributed by atoms with Gasteiger partial charge >= 0.3 is 0 Å². The van der Waals surface area contributed by atoms with Gasteiger partial charge < -0.3 is 4.90 Å². The summed E-state index contributed by atoms with van der Waals surface area (Å²) >= 11 is 0. The summed E-state index contributed by atoms with van der Waals surface area (Å²) in [5.41, 5.74) is 0.607. The van der Waals surface area contributed by atoms with Crippen LogP contribution in [-0.2, 0) is 10.0 Å². The lowest BCUT2D eigenvalue weighted by molar-refractivity contribution is 0.0981. The number of halogens is 3. The highest BCUT2D eigenvalue weighted by Gasteiger charge is 2.30. The number of carbonyl (C=O) groups excluding carboxylic acids is 1. The number of piperazine rings is 1. The van der Waals surface area contributed by atoms with Crippen LogP contribution in [0.1, 0.15) is 30.1 Å². The van der Waals surface area contributed by atoms with E-state index >= 15 is 0 Å². The molecule has 3 rings (SSSR count). The summed E-state index contributed by atoms with van der Waals surface area (Å²) in [6.07, 6.45) is 1.02. The Kier molecular flexibility index (Phi) is 6.28. The number of rotatable bonds is 6. The molecular formula is C20H21F3N2O3S. The molecule has 9 heteroatoms. The minimum atomic E-state index is -3.98. The van der Waals surface area contributed by atoms with E-state index in [2.05, 4.69) is 0 Å². The fourth-order valence-electron chi connectivity index (χ4n) is 3.26. The largest absolute Gasteiger partial charge is 0.367 e. The van der Waals surface area contributed by atoms with E-state index in [0.717, 1.165) is 16.4 Å². The monoisotopic (exact) mass is 426 g/mol. The highest BCUT2D eigenvalue weighted by molar-refractivity contribution is 7.89. The van der Waals surface area contributed by atoms with E-state index < -0.39 is 27.5 Å². The van der Waals surface area contributed by atoms with E-state index in [1.165, 1.54) is 12.1 Å². The molecule has 0 amide bonds. The zero-order valence-electron chi connectivity index (χ0n) is 15.9. The van der Waals surface area contributed by atoms with Crippen molar-refractivity contribution >= 4 is 21.5 Å². The van der Waals surface area contributed by atoms with E-state index in [1.54, 1.807) is 11.0 Å². The SMILES string of the molecule is CCCC(=O)c1ccc(N2CCN(S(=O)(=O)c3ccc(F)c(F)c3)CC2)c(F)c1. The van der Waals surface area contributed by atoms with Crippen molar-refractivity contribution in [1.82, 2.24) is 4.31 Å². The number of carbonyl (C=O) groups is 1. The Morgan fingerprint density at radius 1 is 0.931 bits per heavy atom. The minimum absolute atomic E-state index is 0.0668. The summed E-state index contributed by atoms with van der Waals surface area (Å²) < 4.78 is 67.5. The van der Waals surface area contributed by atoms with Gasteiger partial charge in [0.05, 0.1) is 10.6 Å². The number of nitrogens with zero attached hydrogens (tertiary/aromatic N) is 2. The van der Waals surface area contributed by atoms with Crippen LogP contribution in [0.3, 0.4) is 0 Å². The Morgan fingerprint density at radius 2 is 1.62 bits per heavy atom. The minimum Gasteiger partial charge on any atom is -0.367 e. The smallest absolute Gasteiger partial charge is 0.243 e. The second-order valence-electron chi connectivity index (χ2n) is 6.81. The van der Waals surface area contributed by atoms with Gasteiger partial charge in [0, 0.05) is 38.2 Å². The molecule has 1 aliphatic heterocycles. The highest BCUT2D eigenvalue weighted by atomic mass is 32.2. The first-order valence-corrected chi connectivity index (χ1v) is 10.7. The standard InChI is InChI=1S/C20H21F3N2O3S/c1-2-3-20(26)14-4-7-19(18(23)12-14)24-8-10-25(11-9-24)29(27,28)15-5-6-16(21)17(22)13-15/h4-7,12-13H,2-3,8-11H2,1H3. The predicted octanol–water partition coefficient (Wildman–Crippen LogP) is 3.60. The fraction of sp³-hybridized carbons (Fsp3) is 0.350. The van der Waals surface area contributed by atoms with Gasteiger partial charge in [-0.1, -0.05) is 6.92 Å². The highest BCUT2D eigenvalue weighted by Crippen LogP contribution is 2.25. The van der Waals surface area contributed by atoms with Gasteiger partial charge in [-0.3, -0.25) is 4.79 Å². The van der Waals surface area contributed by atoms with Crippen molar-refractivity contribution in [2.75, 3.05) is 31.1 Å². The molecule has 2 aromatic carbocycles. The second-order valence-corrected chi connectivity index (χ2v) is 8.74. The molecule has 1 saturated heterocycles. The second kappa shape index (κ2) is 8.54. The van der Waals surface area contributed by atoms with Crippen molar-refractivity contribution in [2.45, 2.75) is 24.7 Å². The number of ketones is 1. The molecule has 1 heterocycles. The van der Waals surface area contributed by atoms with Crippen LogP contribution in [0.2, 0.25) is 0 Å². The normalized spacial score (nSPS) is 15.5. The van der Waals surface area contributed by atoms with Crippen molar-refractivity contribution in [3.63, 3.8) is 0 Å². The molecule has 0 radical (unpaired) electrons. The number of anilines is 1. The molecule has 0 aromatic heterocycles. The van der Waals surface area contributed by atoms with E-state index in [-0.39, 0.29) is 36.9 Å². The summed E-state index contributed by atoms with van der Waals surface area (Å²) in [7, 11) is -3.98. The zero-order chi connectivity index (χ0) is 21.2. The zero-order valence-corrected chi connectivity index (χ0v) is 16.7. The Balaban J connectivity index is 1.71. The van der Waals surface area contributed by atoms with Gasteiger partial charge in [0.1, 0.15) is 5.82 Å². The molecular weight excluding hydrogens is 405 g/mol. The number of sulfonamides is 1. The lowest BCUT2D eigenvalue weighted by Gasteiger charge is -2.35. The molecule has 2 aromatic rings. The molecule has 29 heavy (non-hydrogen) atoms. The van der Waals surface area contributed by atoms with Gasteiger partial charge in [-0.15, -0.1) is 0 Å². The molecule has 0 aliphatic carbocycles. The molecule has 0 saturated carbocycles. The number of benzene rings is 2. The van der Waals surface area contributed by atoms with Crippen LogP contribution >= 0.6 is 0 Å². The van der Waals surface area contributed by atoms with Crippen molar-refractivity contribution in [3.05, 3.63) is 59.4 Å². The summed E-state index contributed by atoms with van der Waals surface area (Å²) in [5, 5.41) is 0. The van der Waals surface area contributed by atoms with Crippen LogP contribution < -0.4 is 4.90 Å². The third-order valence-corrected chi connectivity index (χ3v) is 6.75. The number of hydrogen-bond acceptors (Lipinski definition) is 4. The van der Waals surface area contributed by atoms with Gasteiger partial charge in [0.15, 0.2) is 17.4 Å². The van der Waals surface area contributed by atoms with Crippen LogP contribution in [0.15, 0.2) is 41.3 Å². The maximum atomic E-state index is 14.5. The van der Waals surface area contributed by atoms with E-state index in [0.29, 0.717) is 30.2 Å². The van der Waals surface area contributed by atoms with Crippen LogP contribution in [0, 0.1) is 17.5 Å². The first kappa shape index (κ1) is 21.3. The summed E-state index contributed by atoms with van der Waals surface area (Å²) in [6.45, 7) is 2.45. The van der Waals surface area contributed by atoms with E-state index in [1.807, 2.05) is 6.92 Å². The van der Waals surface area contributed by atoms with Crippen LogP contribution in [0.25, 0.3) is 0 Å². The quantitative estimate of drug-likeness (QED) is 0.663. The maximum Gasteiger partial charge on any atom is 0.243 e. The fourth-order valence-corrected chi connectivity index (χ4v) is 4.70. The molecule has 0 bridgehead atoms. The molecule has 1 fully saturated rings. The molecule has 1 aliphatic rings. The molecule has 0 N–H and O–H groups in total. The van der Waals surface area contributed by atoms with Gasteiger partial charge in [-0.25, -0.2) is 21.6 Å². The third-order valence-electron chi connectivity index (χ3n) is 4.85. The summed E-state index contributed by atoms with van der Waals surface area (Å²) in [6, 6.07) is 6.75. The van der Waals surface area contributed by atoms with Crippen molar-refractivity contribution in [1.29, 1.82) is 0 Å². The molecule has 5 nitrogen and oxygen atoms in total. The van der Waals surface area contributed by atoms with E-state index in [9.17, 15) is 26.4 Å². The van der Waals surface area contributed by atoms with Gasteiger partial charge in [-0.2, -0.15) is 4.31 Å². The predicted molar refractivity (Wildman–Crippen MR) is 103 cm³/mol. The summed E-state index contributed by atoms with van der Waals surface area (Å²) in [4.78, 5) is 13.3. The Morgan fingerprint density at radius 3 is 2.21 bits per heavy atom. The average molecular weight is 426 g/mol. The molecule has 0 atom stereocenters. The van der Waals surface area contributed by atoms with Crippen LogP contribution in [-0.4, -0.2) is 44.7 Å². The van der Waals surface area contributed by atoms with Crippen molar-refractivity contribution < 1.29 is 26.4 Å². The Hall–Kier alpha value is -2.39. The molecule has 0 spiro atoms. The topological polar surface area (TPSA) is 57.7 Å². The van der Waals surface area contributed by atoms with E-state index in [4.69, 9.17) is 0 Å².